The van der Waals surface area contributed by atoms with E-state index in [0.29, 0.717) is 6.54 Å². The lowest BCUT2D eigenvalue weighted by Crippen LogP contribution is -2.46. The molecule has 4 nitrogen and oxygen atoms in total. The predicted octanol–water partition coefficient (Wildman–Crippen LogP) is 2.52. The molecule has 0 amide bonds. The highest BCUT2D eigenvalue weighted by molar-refractivity contribution is 7.86. The summed E-state index contributed by atoms with van der Waals surface area (Å²) >= 11 is 1.60. The Labute approximate surface area is 136 Å². The van der Waals surface area contributed by atoms with Gasteiger partial charge in [-0.2, -0.15) is 17.0 Å². The van der Waals surface area contributed by atoms with Crippen LogP contribution >= 0.6 is 11.3 Å². The van der Waals surface area contributed by atoms with Crippen molar-refractivity contribution in [3.05, 3.63) is 57.8 Å². The van der Waals surface area contributed by atoms with Crippen molar-refractivity contribution in [3.63, 3.8) is 0 Å². The van der Waals surface area contributed by atoms with Crippen LogP contribution in [0.4, 0.5) is 0 Å². The van der Waals surface area contributed by atoms with E-state index >= 15 is 0 Å². The van der Waals surface area contributed by atoms with Gasteiger partial charge in [0.25, 0.3) is 10.2 Å². The van der Waals surface area contributed by atoms with E-state index in [2.05, 4.69) is 12.1 Å². The van der Waals surface area contributed by atoms with Crippen LogP contribution < -0.4 is 0 Å². The molecule has 0 N–H and O–H groups in total. The van der Waals surface area contributed by atoms with Gasteiger partial charge in [0.05, 0.1) is 0 Å². The average Bonchev–Trinajstić information content (AvgIpc) is 3.13. The minimum atomic E-state index is -3.44. The Hall–Kier alpha value is -1.21. The van der Waals surface area contributed by atoms with Crippen LogP contribution in [0, 0.1) is 0 Å². The summed E-state index contributed by atoms with van der Waals surface area (Å²) in [5, 5.41) is 1.99. The summed E-state index contributed by atoms with van der Waals surface area (Å²) in [6.07, 6.45) is 1.57. The standard InChI is InChI=1S/C16H20N2O2S2/c1-17(2)22(19,20)18(12-16-8-5-9-21-16)15-10-13-6-3-4-7-14(13)11-15/h3-9,15H,10-12H2,1-2H3. The Kier molecular flexibility index (Phi) is 4.36. The number of thiophene rings is 1. The Bertz CT molecular complexity index is 714. The van der Waals surface area contributed by atoms with Crippen molar-refractivity contribution in [3.8, 4) is 0 Å². The van der Waals surface area contributed by atoms with Crippen LogP contribution in [0.3, 0.4) is 0 Å². The maximum atomic E-state index is 12.8. The molecule has 6 heteroatoms. The van der Waals surface area contributed by atoms with Crippen LogP contribution in [0.2, 0.25) is 0 Å². The molecule has 0 aliphatic heterocycles. The summed E-state index contributed by atoms with van der Waals surface area (Å²) in [7, 11) is -0.251. The van der Waals surface area contributed by atoms with E-state index in [1.807, 2.05) is 29.6 Å². The first-order valence-electron chi connectivity index (χ1n) is 7.27. The molecule has 3 rings (SSSR count). The second-order valence-corrected chi connectivity index (χ2v) is 8.87. The minimum absolute atomic E-state index is 0.00750. The fourth-order valence-corrected chi connectivity index (χ4v) is 4.94. The maximum absolute atomic E-state index is 12.8. The molecule has 0 fully saturated rings. The summed E-state index contributed by atoms with van der Waals surface area (Å²) in [6.45, 7) is 0.441. The lowest BCUT2D eigenvalue weighted by molar-refractivity contribution is 0.301. The van der Waals surface area contributed by atoms with Crippen molar-refractivity contribution in [1.82, 2.24) is 8.61 Å². The highest BCUT2D eigenvalue weighted by Crippen LogP contribution is 2.29. The number of hydrogen-bond donors (Lipinski definition) is 0. The fraction of sp³-hybridized carbons (Fsp3) is 0.375. The molecule has 118 valence electrons. The van der Waals surface area contributed by atoms with E-state index in [1.54, 1.807) is 29.7 Å². The van der Waals surface area contributed by atoms with Crippen LogP contribution in [0.5, 0.6) is 0 Å². The van der Waals surface area contributed by atoms with Crippen LogP contribution in [0.1, 0.15) is 16.0 Å². The quantitative estimate of drug-likeness (QED) is 0.842. The molecule has 1 aromatic heterocycles. The SMILES string of the molecule is CN(C)S(=O)(=O)N(Cc1cccs1)C1Cc2ccccc2C1. The summed E-state index contributed by atoms with van der Waals surface area (Å²) in [6, 6.07) is 12.2. The highest BCUT2D eigenvalue weighted by Gasteiger charge is 2.35. The zero-order valence-corrected chi connectivity index (χ0v) is 14.4. The third-order valence-electron chi connectivity index (χ3n) is 4.09. The Morgan fingerprint density at radius 2 is 1.73 bits per heavy atom. The maximum Gasteiger partial charge on any atom is 0.282 e. The van der Waals surface area contributed by atoms with Crippen molar-refractivity contribution in [2.45, 2.75) is 25.4 Å². The van der Waals surface area contributed by atoms with Crippen molar-refractivity contribution in [2.24, 2.45) is 0 Å². The number of benzene rings is 1. The van der Waals surface area contributed by atoms with Gasteiger partial charge < -0.3 is 0 Å². The molecule has 0 atom stereocenters. The van der Waals surface area contributed by atoms with E-state index < -0.39 is 10.2 Å². The zero-order valence-electron chi connectivity index (χ0n) is 12.8. The van der Waals surface area contributed by atoms with Gasteiger partial charge in [0.2, 0.25) is 0 Å². The molecular weight excluding hydrogens is 316 g/mol. The smallest absolute Gasteiger partial charge is 0.195 e. The molecule has 0 saturated heterocycles. The Balaban J connectivity index is 1.90. The predicted molar refractivity (Wildman–Crippen MR) is 90.1 cm³/mol. The van der Waals surface area contributed by atoms with Crippen molar-refractivity contribution >= 4 is 21.5 Å². The fourth-order valence-electron chi connectivity index (χ4n) is 2.90. The number of nitrogens with zero attached hydrogens (tertiary/aromatic N) is 2. The van der Waals surface area contributed by atoms with E-state index in [9.17, 15) is 8.42 Å². The monoisotopic (exact) mass is 336 g/mol. The minimum Gasteiger partial charge on any atom is -0.195 e. The van der Waals surface area contributed by atoms with Crippen molar-refractivity contribution in [1.29, 1.82) is 0 Å². The van der Waals surface area contributed by atoms with Gasteiger partial charge in [-0.25, -0.2) is 0 Å². The van der Waals surface area contributed by atoms with E-state index in [0.717, 1.165) is 17.7 Å². The lowest BCUT2D eigenvalue weighted by Gasteiger charge is -2.30. The second kappa shape index (κ2) is 6.12. The topological polar surface area (TPSA) is 40.6 Å². The van der Waals surface area contributed by atoms with Gasteiger partial charge >= 0.3 is 0 Å². The van der Waals surface area contributed by atoms with Crippen molar-refractivity contribution < 1.29 is 8.42 Å². The number of rotatable bonds is 5. The molecule has 22 heavy (non-hydrogen) atoms. The summed E-state index contributed by atoms with van der Waals surface area (Å²) in [5.74, 6) is 0. The molecule has 1 aliphatic rings. The van der Waals surface area contributed by atoms with Crippen LogP contribution in [0.25, 0.3) is 0 Å². The van der Waals surface area contributed by atoms with Crippen molar-refractivity contribution in [2.75, 3.05) is 14.1 Å². The number of fused-ring (bicyclic) bond motifs is 1. The summed E-state index contributed by atoms with van der Waals surface area (Å²) in [4.78, 5) is 1.07. The zero-order chi connectivity index (χ0) is 15.7. The van der Waals surface area contributed by atoms with Crippen LogP contribution in [0.15, 0.2) is 41.8 Å². The van der Waals surface area contributed by atoms with E-state index in [-0.39, 0.29) is 6.04 Å². The largest absolute Gasteiger partial charge is 0.282 e. The molecular formula is C16H20N2O2S2. The van der Waals surface area contributed by atoms with Gasteiger partial charge in [0.15, 0.2) is 0 Å². The summed E-state index contributed by atoms with van der Waals surface area (Å²) in [5.41, 5.74) is 2.52. The third-order valence-corrected chi connectivity index (χ3v) is 6.89. The van der Waals surface area contributed by atoms with Crippen LogP contribution in [-0.4, -0.2) is 37.2 Å². The molecule has 1 aliphatic carbocycles. The van der Waals surface area contributed by atoms with E-state index in [1.165, 1.54) is 15.4 Å². The molecule has 0 bridgehead atoms. The van der Waals surface area contributed by atoms with Gasteiger partial charge in [0, 0.05) is 31.6 Å². The van der Waals surface area contributed by atoms with Gasteiger partial charge in [-0.05, 0) is 35.4 Å². The van der Waals surface area contributed by atoms with Gasteiger partial charge in [-0.1, -0.05) is 30.3 Å². The molecule has 0 spiro atoms. The molecule has 2 aromatic rings. The highest BCUT2D eigenvalue weighted by atomic mass is 32.2. The first kappa shape index (κ1) is 15.7. The average molecular weight is 336 g/mol. The van der Waals surface area contributed by atoms with Crippen LogP contribution in [-0.2, 0) is 29.6 Å². The molecule has 1 aromatic carbocycles. The van der Waals surface area contributed by atoms with Gasteiger partial charge in [-0.3, -0.25) is 0 Å². The Morgan fingerprint density at radius 1 is 1.09 bits per heavy atom. The van der Waals surface area contributed by atoms with Gasteiger partial charge in [-0.15, -0.1) is 11.3 Å². The molecule has 0 radical (unpaired) electrons. The molecule has 0 saturated carbocycles. The summed E-state index contributed by atoms with van der Waals surface area (Å²) < 4.78 is 28.5. The second-order valence-electron chi connectivity index (χ2n) is 5.75. The first-order valence-corrected chi connectivity index (χ1v) is 9.54. The Morgan fingerprint density at radius 3 is 2.23 bits per heavy atom. The number of hydrogen-bond acceptors (Lipinski definition) is 3. The van der Waals surface area contributed by atoms with Gasteiger partial charge in [0.1, 0.15) is 0 Å². The normalized spacial score (nSPS) is 15.6. The molecule has 1 heterocycles. The third kappa shape index (κ3) is 2.96. The first-order chi connectivity index (χ1) is 10.5. The van der Waals surface area contributed by atoms with E-state index in [4.69, 9.17) is 0 Å². The molecule has 0 unspecified atom stereocenters. The lowest BCUT2D eigenvalue weighted by atomic mass is 10.1.